The fourth-order valence-electron chi connectivity index (χ4n) is 2.67. The van der Waals surface area contributed by atoms with Gasteiger partial charge in [-0.1, -0.05) is 36.0 Å². The number of nitrogens with zero attached hydrogens (tertiary/aromatic N) is 1. The summed E-state index contributed by atoms with van der Waals surface area (Å²) in [5.74, 6) is -0.996. The summed E-state index contributed by atoms with van der Waals surface area (Å²) in [4.78, 5) is 28.3. The highest BCUT2D eigenvalue weighted by Crippen LogP contribution is 2.41. The molecule has 0 aromatic heterocycles. The number of thioether (sulfide) groups is 1. The first kappa shape index (κ1) is 18.1. The topological polar surface area (TPSA) is 84.6 Å². The van der Waals surface area contributed by atoms with E-state index in [9.17, 15) is 14.0 Å². The standard InChI is InChI=1S/C19H18FN3O2S/c1-11(12-5-9-15(20)10-6-12)22-18-23-17(25)19(2,26-18)14-7-3-13(4-8-14)16(21)24/h3-11H,1-2H3,(H2,21,24)(H,22,23,25)/t11-,19?/m0/s1. The van der Waals surface area contributed by atoms with Crippen LogP contribution in [0.25, 0.3) is 0 Å². The molecule has 134 valence electrons. The van der Waals surface area contributed by atoms with Crippen molar-refractivity contribution in [2.24, 2.45) is 10.7 Å². The van der Waals surface area contributed by atoms with Crippen molar-refractivity contribution in [1.82, 2.24) is 5.32 Å². The molecule has 0 radical (unpaired) electrons. The van der Waals surface area contributed by atoms with E-state index < -0.39 is 10.7 Å². The maximum Gasteiger partial charge on any atom is 0.248 e. The molecular weight excluding hydrogens is 353 g/mol. The van der Waals surface area contributed by atoms with Gasteiger partial charge in [-0.05, 0) is 49.2 Å². The fraction of sp³-hybridized carbons (Fsp3) is 0.211. The summed E-state index contributed by atoms with van der Waals surface area (Å²) in [6.07, 6.45) is 0. The molecule has 2 amide bonds. The van der Waals surface area contributed by atoms with Crippen molar-refractivity contribution in [2.45, 2.75) is 24.6 Å². The van der Waals surface area contributed by atoms with Crippen LogP contribution in [0.1, 0.15) is 41.4 Å². The van der Waals surface area contributed by atoms with Crippen LogP contribution in [0.3, 0.4) is 0 Å². The van der Waals surface area contributed by atoms with Gasteiger partial charge in [0.2, 0.25) is 11.8 Å². The number of aliphatic imine (C=N–C) groups is 1. The zero-order chi connectivity index (χ0) is 18.9. The van der Waals surface area contributed by atoms with Gasteiger partial charge in [0.25, 0.3) is 0 Å². The van der Waals surface area contributed by atoms with E-state index in [0.717, 1.165) is 11.1 Å². The molecule has 1 fully saturated rings. The Hall–Kier alpha value is -2.67. The number of carbonyl (C=O) groups is 2. The molecule has 1 aliphatic rings. The van der Waals surface area contributed by atoms with E-state index in [1.54, 1.807) is 43.3 Å². The molecule has 0 bridgehead atoms. The number of nitrogens with one attached hydrogen (secondary N) is 1. The van der Waals surface area contributed by atoms with Gasteiger partial charge in [0.1, 0.15) is 10.6 Å². The van der Waals surface area contributed by atoms with Crippen LogP contribution in [-0.2, 0) is 9.54 Å². The first-order valence-electron chi connectivity index (χ1n) is 8.03. The van der Waals surface area contributed by atoms with E-state index >= 15 is 0 Å². The Morgan fingerprint density at radius 3 is 2.38 bits per heavy atom. The minimum atomic E-state index is -0.850. The average molecular weight is 371 g/mol. The van der Waals surface area contributed by atoms with Crippen LogP contribution in [0, 0.1) is 5.82 Å². The zero-order valence-electron chi connectivity index (χ0n) is 14.3. The minimum Gasteiger partial charge on any atom is -0.366 e. The summed E-state index contributed by atoms with van der Waals surface area (Å²) in [7, 11) is 0. The molecule has 2 aromatic carbocycles. The summed E-state index contributed by atoms with van der Waals surface area (Å²) in [5, 5.41) is 3.31. The number of nitrogens with two attached hydrogens (primary N) is 1. The van der Waals surface area contributed by atoms with Gasteiger partial charge in [0, 0.05) is 5.56 Å². The second kappa shape index (κ2) is 6.92. The summed E-state index contributed by atoms with van der Waals surface area (Å²) in [5.41, 5.74) is 7.25. The zero-order valence-corrected chi connectivity index (χ0v) is 15.1. The average Bonchev–Trinajstić information content (AvgIpc) is 2.90. The predicted octanol–water partition coefficient (Wildman–Crippen LogP) is 3.12. The maximum absolute atomic E-state index is 13.0. The molecule has 1 unspecified atom stereocenters. The third-order valence-corrected chi connectivity index (χ3v) is 5.57. The van der Waals surface area contributed by atoms with E-state index in [1.807, 2.05) is 6.92 Å². The smallest absolute Gasteiger partial charge is 0.248 e. The van der Waals surface area contributed by atoms with Gasteiger partial charge in [-0.3, -0.25) is 14.6 Å². The van der Waals surface area contributed by atoms with Crippen molar-refractivity contribution in [3.05, 3.63) is 71.0 Å². The molecule has 5 nitrogen and oxygen atoms in total. The predicted molar refractivity (Wildman–Crippen MR) is 100 cm³/mol. The lowest BCUT2D eigenvalue weighted by Gasteiger charge is -2.19. The fourth-order valence-corrected chi connectivity index (χ4v) is 3.81. The normalized spacial score (nSPS) is 22.3. The maximum atomic E-state index is 13.0. The first-order valence-corrected chi connectivity index (χ1v) is 8.85. The van der Waals surface area contributed by atoms with Crippen LogP contribution in [-0.4, -0.2) is 17.0 Å². The number of amides is 2. The number of halogens is 1. The van der Waals surface area contributed by atoms with E-state index in [0.29, 0.717) is 10.7 Å². The second-order valence-electron chi connectivity index (χ2n) is 6.19. The molecule has 3 rings (SSSR count). The summed E-state index contributed by atoms with van der Waals surface area (Å²) < 4.78 is 12.2. The highest BCUT2D eigenvalue weighted by atomic mass is 32.2. The molecular formula is C19H18FN3O2S. The number of hydrogen-bond donors (Lipinski definition) is 2. The molecule has 3 N–H and O–H groups in total. The Morgan fingerprint density at radius 2 is 1.81 bits per heavy atom. The third-order valence-electron chi connectivity index (χ3n) is 4.34. The number of amidine groups is 1. The van der Waals surface area contributed by atoms with Gasteiger partial charge >= 0.3 is 0 Å². The van der Waals surface area contributed by atoms with Crippen LogP contribution in [0.5, 0.6) is 0 Å². The van der Waals surface area contributed by atoms with Crippen molar-refractivity contribution in [1.29, 1.82) is 0 Å². The molecule has 1 aliphatic heterocycles. The first-order chi connectivity index (χ1) is 12.3. The Kier molecular flexibility index (Phi) is 4.82. The molecule has 0 saturated carbocycles. The molecule has 7 heteroatoms. The Labute approximate surface area is 154 Å². The van der Waals surface area contributed by atoms with Crippen LogP contribution in [0.15, 0.2) is 53.5 Å². The molecule has 1 heterocycles. The van der Waals surface area contributed by atoms with E-state index in [2.05, 4.69) is 10.3 Å². The Morgan fingerprint density at radius 1 is 1.19 bits per heavy atom. The summed E-state index contributed by atoms with van der Waals surface area (Å²) in [6.45, 7) is 3.68. The Bertz CT molecular complexity index is 881. The van der Waals surface area contributed by atoms with Crippen molar-refractivity contribution in [2.75, 3.05) is 0 Å². The van der Waals surface area contributed by atoms with Crippen molar-refractivity contribution in [3.8, 4) is 0 Å². The second-order valence-corrected chi connectivity index (χ2v) is 7.60. The van der Waals surface area contributed by atoms with Crippen LogP contribution in [0.2, 0.25) is 0 Å². The molecule has 26 heavy (non-hydrogen) atoms. The number of carbonyl (C=O) groups excluding carboxylic acids is 2. The van der Waals surface area contributed by atoms with E-state index in [1.165, 1.54) is 23.9 Å². The highest BCUT2D eigenvalue weighted by molar-refractivity contribution is 8.15. The van der Waals surface area contributed by atoms with Gasteiger partial charge < -0.3 is 11.1 Å². The number of primary amides is 1. The van der Waals surface area contributed by atoms with Gasteiger partial charge in [0.05, 0.1) is 6.04 Å². The van der Waals surface area contributed by atoms with Gasteiger partial charge in [-0.2, -0.15) is 0 Å². The molecule has 2 aromatic rings. The van der Waals surface area contributed by atoms with Crippen LogP contribution < -0.4 is 11.1 Å². The quantitative estimate of drug-likeness (QED) is 0.866. The number of rotatable bonds is 4. The van der Waals surface area contributed by atoms with Crippen LogP contribution >= 0.6 is 11.8 Å². The van der Waals surface area contributed by atoms with E-state index in [4.69, 9.17) is 5.73 Å². The van der Waals surface area contributed by atoms with E-state index in [-0.39, 0.29) is 17.8 Å². The monoisotopic (exact) mass is 371 g/mol. The van der Waals surface area contributed by atoms with Crippen molar-refractivity contribution < 1.29 is 14.0 Å². The minimum absolute atomic E-state index is 0.181. The largest absolute Gasteiger partial charge is 0.366 e. The number of benzene rings is 2. The van der Waals surface area contributed by atoms with Gasteiger partial charge in [0.15, 0.2) is 5.17 Å². The summed E-state index contributed by atoms with van der Waals surface area (Å²) >= 11 is 1.31. The molecule has 0 spiro atoms. The Balaban J connectivity index is 1.82. The molecule has 2 atom stereocenters. The van der Waals surface area contributed by atoms with Crippen molar-refractivity contribution >= 4 is 28.7 Å². The highest BCUT2D eigenvalue weighted by Gasteiger charge is 2.44. The molecule has 0 aliphatic carbocycles. The lowest BCUT2D eigenvalue weighted by molar-refractivity contribution is -0.121. The SMILES string of the molecule is C[C@H](N=C1NC(=O)C(C)(c2ccc(C(N)=O)cc2)S1)c1ccc(F)cc1. The van der Waals surface area contributed by atoms with Crippen molar-refractivity contribution in [3.63, 3.8) is 0 Å². The third kappa shape index (κ3) is 3.48. The summed E-state index contributed by atoms with van der Waals surface area (Å²) in [6, 6.07) is 12.5. The lowest BCUT2D eigenvalue weighted by atomic mass is 9.98. The van der Waals surface area contributed by atoms with Crippen LogP contribution in [0.4, 0.5) is 4.39 Å². The van der Waals surface area contributed by atoms with Gasteiger partial charge in [-0.25, -0.2) is 4.39 Å². The number of hydrogen-bond acceptors (Lipinski definition) is 4. The molecule has 1 saturated heterocycles. The van der Waals surface area contributed by atoms with Gasteiger partial charge in [-0.15, -0.1) is 0 Å². The lowest BCUT2D eigenvalue weighted by Crippen LogP contribution is -2.31.